The fourth-order valence-electron chi connectivity index (χ4n) is 1.68. The van der Waals surface area contributed by atoms with Gasteiger partial charge in [-0.05, 0) is 31.0 Å². The third kappa shape index (κ3) is 1.23. The molecule has 14 heavy (non-hydrogen) atoms. The quantitative estimate of drug-likeness (QED) is 0.740. The van der Waals surface area contributed by atoms with Gasteiger partial charge in [-0.25, -0.2) is 0 Å². The third-order valence-electron chi connectivity index (χ3n) is 2.71. The Bertz CT molecular complexity index is 475. The molecule has 1 heterocycles. The highest BCUT2D eigenvalue weighted by Crippen LogP contribution is 2.25. The van der Waals surface area contributed by atoms with Gasteiger partial charge < -0.3 is 5.32 Å². The fraction of sp³-hybridized carbons (Fsp3) is 0.250. The van der Waals surface area contributed by atoms with Crippen molar-refractivity contribution in [2.45, 2.75) is 13.8 Å². The van der Waals surface area contributed by atoms with E-state index in [-0.39, 0.29) is 0 Å². The molecule has 2 aromatic rings. The highest BCUT2D eigenvalue weighted by atomic mass is 14.8. The van der Waals surface area contributed by atoms with Gasteiger partial charge in [0, 0.05) is 24.3 Å². The molecule has 2 heteroatoms. The van der Waals surface area contributed by atoms with Crippen molar-refractivity contribution >= 4 is 16.6 Å². The van der Waals surface area contributed by atoms with Crippen LogP contribution in [-0.4, -0.2) is 12.0 Å². The van der Waals surface area contributed by atoms with Crippen molar-refractivity contribution in [1.82, 2.24) is 4.98 Å². The molecule has 0 amide bonds. The maximum atomic E-state index is 4.41. The largest absolute Gasteiger partial charge is 0.388 e. The first-order valence-electron chi connectivity index (χ1n) is 4.76. The number of hydrogen-bond acceptors (Lipinski definition) is 2. The number of rotatable bonds is 1. The summed E-state index contributed by atoms with van der Waals surface area (Å²) >= 11 is 0. The van der Waals surface area contributed by atoms with Gasteiger partial charge in [-0.15, -0.1) is 0 Å². The zero-order chi connectivity index (χ0) is 10.1. The summed E-state index contributed by atoms with van der Waals surface area (Å²) in [6, 6.07) is 6.26. The number of aromatic nitrogens is 1. The van der Waals surface area contributed by atoms with Gasteiger partial charge in [0.05, 0.1) is 5.52 Å². The van der Waals surface area contributed by atoms with Crippen LogP contribution in [0.15, 0.2) is 24.4 Å². The van der Waals surface area contributed by atoms with Gasteiger partial charge in [-0.1, -0.05) is 12.1 Å². The molecule has 72 valence electrons. The van der Waals surface area contributed by atoms with Crippen molar-refractivity contribution in [3.63, 3.8) is 0 Å². The van der Waals surface area contributed by atoms with Crippen LogP contribution in [0.4, 0.5) is 5.69 Å². The first-order valence-corrected chi connectivity index (χ1v) is 4.76. The molecule has 1 aromatic carbocycles. The van der Waals surface area contributed by atoms with Crippen LogP contribution in [0.25, 0.3) is 10.9 Å². The molecular formula is C12H14N2. The molecule has 2 rings (SSSR count). The first-order chi connectivity index (χ1) is 6.74. The molecule has 0 unspecified atom stereocenters. The number of nitrogens with one attached hydrogen (secondary N) is 1. The van der Waals surface area contributed by atoms with E-state index in [2.05, 4.69) is 36.3 Å². The molecule has 0 saturated heterocycles. The molecule has 0 aliphatic carbocycles. The van der Waals surface area contributed by atoms with Crippen LogP contribution in [0.1, 0.15) is 11.1 Å². The minimum atomic E-state index is 1.09. The van der Waals surface area contributed by atoms with Crippen molar-refractivity contribution < 1.29 is 0 Å². The van der Waals surface area contributed by atoms with E-state index in [4.69, 9.17) is 0 Å². The summed E-state index contributed by atoms with van der Waals surface area (Å²) in [4.78, 5) is 4.41. The SMILES string of the molecule is CNc1ccnc2c(C)c(C)ccc12. The molecule has 0 bridgehead atoms. The number of aryl methyl sites for hydroxylation is 2. The number of nitrogens with zero attached hydrogens (tertiary/aromatic N) is 1. The van der Waals surface area contributed by atoms with E-state index in [1.54, 1.807) is 0 Å². The molecule has 0 spiro atoms. The second-order valence-electron chi connectivity index (χ2n) is 3.51. The lowest BCUT2D eigenvalue weighted by Crippen LogP contribution is -1.93. The Morgan fingerprint density at radius 3 is 2.64 bits per heavy atom. The fourth-order valence-corrected chi connectivity index (χ4v) is 1.68. The summed E-state index contributed by atoms with van der Waals surface area (Å²) < 4.78 is 0. The van der Waals surface area contributed by atoms with E-state index >= 15 is 0 Å². The normalized spacial score (nSPS) is 10.5. The molecule has 0 radical (unpaired) electrons. The van der Waals surface area contributed by atoms with Crippen molar-refractivity contribution in [3.05, 3.63) is 35.5 Å². The van der Waals surface area contributed by atoms with Gasteiger partial charge in [-0.3, -0.25) is 4.98 Å². The van der Waals surface area contributed by atoms with Gasteiger partial charge >= 0.3 is 0 Å². The van der Waals surface area contributed by atoms with Crippen LogP contribution in [0.2, 0.25) is 0 Å². The molecule has 2 nitrogen and oxygen atoms in total. The van der Waals surface area contributed by atoms with Crippen LogP contribution < -0.4 is 5.32 Å². The second-order valence-corrected chi connectivity index (χ2v) is 3.51. The Morgan fingerprint density at radius 2 is 1.93 bits per heavy atom. The highest BCUT2D eigenvalue weighted by molar-refractivity contribution is 5.93. The summed E-state index contributed by atoms with van der Waals surface area (Å²) in [7, 11) is 1.93. The lowest BCUT2D eigenvalue weighted by atomic mass is 10.0. The first kappa shape index (κ1) is 9.00. The molecule has 1 N–H and O–H groups in total. The van der Waals surface area contributed by atoms with Crippen LogP contribution in [-0.2, 0) is 0 Å². The van der Waals surface area contributed by atoms with Gasteiger partial charge in [0.25, 0.3) is 0 Å². The zero-order valence-electron chi connectivity index (χ0n) is 8.76. The van der Waals surface area contributed by atoms with Crippen molar-refractivity contribution in [3.8, 4) is 0 Å². The van der Waals surface area contributed by atoms with Gasteiger partial charge in [-0.2, -0.15) is 0 Å². The summed E-state index contributed by atoms with van der Waals surface area (Å²) in [6.07, 6.45) is 1.85. The Balaban J connectivity index is 2.86. The molecule has 0 atom stereocenters. The number of anilines is 1. The minimum Gasteiger partial charge on any atom is -0.388 e. The minimum absolute atomic E-state index is 1.09. The van der Waals surface area contributed by atoms with Crippen LogP contribution in [0.5, 0.6) is 0 Å². The standard InChI is InChI=1S/C12H14N2/c1-8-4-5-10-11(13-3)6-7-14-12(10)9(8)2/h4-7H,1-3H3,(H,13,14). The van der Waals surface area contributed by atoms with Crippen molar-refractivity contribution in [1.29, 1.82) is 0 Å². The Labute approximate surface area is 84.0 Å². The van der Waals surface area contributed by atoms with Crippen LogP contribution >= 0.6 is 0 Å². The number of fused-ring (bicyclic) bond motifs is 1. The number of hydrogen-bond donors (Lipinski definition) is 1. The van der Waals surface area contributed by atoms with Gasteiger partial charge in [0.15, 0.2) is 0 Å². The van der Waals surface area contributed by atoms with Crippen molar-refractivity contribution in [2.24, 2.45) is 0 Å². The van der Waals surface area contributed by atoms with E-state index in [1.165, 1.54) is 16.5 Å². The van der Waals surface area contributed by atoms with E-state index in [9.17, 15) is 0 Å². The van der Waals surface area contributed by atoms with Crippen molar-refractivity contribution in [2.75, 3.05) is 12.4 Å². The summed E-state index contributed by atoms with van der Waals surface area (Å²) in [5, 5.41) is 4.37. The monoisotopic (exact) mass is 186 g/mol. The molecular weight excluding hydrogens is 172 g/mol. The molecule has 0 aliphatic rings. The topological polar surface area (TPSA) is 24.9 Å². The summed E-state index contributed by atoms with van der Waals surface area (Å²) in [5.41, 5.74) is 4.79. The Hall–Kier alpha value is -1.57. The molecule has 1 aromatic heterocycles. The van der Waals surface area contributed by atoms with E-state index in [0.29, 0.717) is 0 Å². The Morgan fingerprint density at radius 1 is 1.14 bits per heavy atom. The summed E-state index contributed by atoms with van der Waals surface area (Å²) in [6.45, 7) is 4.23. The predicted octanol–water partition coefficient (Wildman–Crippen LogP) is 2.89. The van der Waals surface area contributed by atoms with E-state index in [1.807, 2.05) is 19.3 Å². The lowest BCUT2D eigenvalue weighted by molar-refractivity contribution is 1.31. The second kappa shape index (κ2) is 3.29. The van der Waals surface area contributed by atoms with E-state index in [0.717, 1.165) is 11.2 Å². The zero-order valence-corrected chi connectivity index (χ0v) is 8.76. The number of pyridine rings is 1. The van der Waals surface area contributed by atoms with Crippen LogP contribution in [0.3, 0.4) is 0 Å². The van der Waals surface area contributed by atoms with Gasteiger partial charge in [0.2, 0.25) is 0 Å². The molecule has 0 saturated carbocycles. The maximum absolute atomic E-state index is 4.41. The average molecular weight is 186 g/mol. The summed E-state index contributed by atoms with van der Waals surface area (Å²) in [5.74, 6) is 0. The third-order valence-corrected chi connectivity index (χ3v) is 2.71. The van der Waals surface area contributed by atoms with E-state index < -0.39 is 0 Å². The molecule has 0 aliphatic heterocycles. The lowest BCUT2D eigenvalue weighted by Gasteiger charge is -2.08. The smallest absolute Gasteiger partial charge is 0.0754 e. The van der Waals surface area contributed by atoms with Crippen LogP contribution in [0, 0.1) is 13.8 Å². The highest BCUT2D eigenvalue weighted by Gasteiger charge is 2.04. The molecule has 0 fully saturated rings. The predicted molar refractivity (Wildman–Crippen MR) is 60.8 cm³/mol. The maximum Gasteiger partial charge on any atom is 0.0754 e. The number of benzene rings is 1. The average Bonchev–Trinajstić information content (AvgIpc) is 2.23. The Kier molecular flexibility index (Phi) is 2.12. The van der Waals surface area contributed by atoms with Gasteiger partial charge in [0.1, 0.15) is 0 Å².